The van der Waals surface area contributed by atoms with Gasteiger partial charge in [0.25, 0.3) is 0 Å². The standard InChI is InChI=1S/C17H27ClN2/c1-12(2)16-10-20(17(4,5)11-19-16)9-14-7-6-13(3)8-15(14)18/h6-8,12,16,19H,9-11H2,1-5H3. The lowest BCUT2D eigenvalue weighted by molar-refractivity contribution is 0.0475. The molecule has 1 fully saturated rings. The van der Waals surface area contributed by atoms with Crippen LogP contribution in [-0.4, -0.2) is 29.6 Å². The van der Waals surface area contributed by atoms with Gasteiger partial charge in [-0.05, 0) is 43.9 Å². The molecule has 1 saturated heterocycles. The summed E-state index contributed by atoms with van der Waals surface area (Å²) in [6, 6.07) is 6.94. The third-order valence-corrected chi connectivity index (χ3v) is 4.80. The van der Waals surface area contributed by atoms with E-state index in [1.165, 1.54) is 11.1 Å². The third kappa shape index (κ3) is 3.55. The molecule has 2 nitrogen and oxygen atoms in total. The minimum atomic E-state index is 0.166. The van der Waals surface area contributed by atoms with Crippen LogP contribution in [0.2, 0.25) is 5.02 Å². The van der Waals surface area contributed by atoms with Crippen molar-refractivity contribution in [3.05, 3.63) is 34.3 Å². The molecule has 3 heteroatoms. The molecule has 1 aliphatic heterocycles. The highest BCUT2D eigenvalue weighted by atomic mass is 35.5. The lowest BCUT2D eigenvalue weighted by Crippen LogP contribution is -2.62. The Kier molecular flexibility index (Phi) is 4.78. The van der Waals surface area contributed by atoms with Gasteiger partial charge in [-0.15, -0.1) is 0 Å². The third-order valence-electron chi connectivity index (χ3n) is 4.44. The Hall–Kier alpha value is -0.570. The van der Waals surface area contributed by atoms with Gasteiger partial charge >= 0.3 is 0 Å². The van der Waals surface area contributed by atoms with Gasteiger partial charge in [-0.25, -0.2) is 0 Å². The van der Waals surface area contributed by atoms with Crippen molar-refractivity contribution in [3.63, 3.8) is 0 Å². The van der Waals surface area contributed by atoms with E-state index in [0.717, 1.165) is 24.7 Å². The monoisotopic (exact) mass is 294 g/mol. The molecule has 0 bridgehead atoms. The maximum absolute atomic E-state index is 6.40. The van der Waals surface area contributed by atoms with E-state index in [-0.39, 0.29) is 5.54 Å². The van der Waals surface area contributed by atoms with Gasteiger partial charge in [0.1, 0.15) is 0 Å². The van der Waals surface area contributed by atoms with Crippen LogP contribution in [0, 0.1) is 12.8 Å². The Morgan fingerprint density at radius 1 is 1.40 bits per heavy atom. The van der Waals surface area contributed by atoms with Crippen molar-refractivity contribution in [1.29, 1.82) is 0 Å². The quantitative estimate of drug-likeness (QED) is 0.911. The zero-order valence-electron chi connectivity index (χ0n) is 13.3. The lowest BCUT2D eigenvalue weighted by Gasteiger charge is -2.47. The molecule has 0 aromatic heterocycles. The SMILES string of the molecule is Cc1ccc(CN2CC(C(C)C)NCC2(C)C)c(Cl)c1. The van der Waals surface area contributed by atoms with Crippen molar-refractivity contribution in [2.75, 3.05) is 13.1 Å². The summed E-state index contributed by atoms with van der Waals surface area (Å²) >= 11 is 6.40. The Morgan fingerprint density at radius 2 is 2.10 bits per heavy atom. The second kappa shape index (κ2) is 6.05. The number of benzene rings is 1. The van der Waals surface area contributed by atoms with Crippen molar-refractivity contribution in [1.82, 2.24) is 10.2 Å². The summed E-state index contributed by atoms with van der Waals surface area (Å²) in [6.45, 7) is 14.3. The molecule has 1 N–H and O–H groups in total. The van der Waals surface area contributed by atoms with Crippen molar-refractivity contribution in [2.24, 2.45) is 5.92 Å². The first-order valence-electron chi connectivity index (χ1n) is 7.53. The van der Waals surface area contributed by atoms with Crippen LogP contribution in [-0.2, 0) is 6.54 Å². The summed E-state index contributed by atoms with van der Waals surface area (Å²) in [5.41, 5.74) is 2.62. The topological polar surface area (TPSA) is 15.3 Å². The summed E-state index contributed by atoms with van der Waals surface area (Å²) in [4.78, 5) is 2.56. The number of hydrogen-bond acceptors (Lipinski definition) is 2. The predicted molar refractivity (Wildman–Crippen MR) is 87.3 cm³/mol. The summed E-state index contributed by atoms with van der Waals surface area (Å²) in [6.07, 6.45) is 0. The second-order valence-electron chi connectivity index (χ2n) is 7.02. The smallest absolute Gasteiger partial charge is 0.0453 e. The van der Waals surface area contributed by atoms with Crippen molar-refractivity contribution < 1.29 is 0 Å². The van der Waals surface area contributed by atoms with Crippen LogP contribution in [0.1, 0.15) is 38.8 Å². The molecular formula is C17H27ClN2. The summed E-state index contributed by atoms with van der Waals surface area (Å²) < 4.78 is 0. The fourth-order valence-electron chi connectivity index (χ4n) is 2.75. The number of hydrogen-bond donors (Lipinski definition) is 1. The molecule has 1 aromatic carbocycles. The van der Waals surface area contributed by atoms with Crippen LogP contribution in [0.3, 0.4) is 0 Å². The molecule has 1 unspecified atom stereocenters. The second-order valence-corrected chi connectivity index (χ2v) is 7.43. The first kappa shape index (κ1) is 15.8. The van der Waals surface area contributed by atoms with Crippen molar-refractivity contribution in [2.45, 2.75) is 52.7 Å². The van der Waals surface area contributed by atoms with Gasteiger partial charge in [0.2, 0.25) is 0 Å². The fraction of sp³-hybridized carbons (Fsp3) is 0.647. The number of nitrogens with zero attached hydrogens (tertiary/aromatic N) is 1. The van der Waals surface area contributed by atoms with Gasteiger partial charge in [0.05, 0.1) is 0 Å². The first-order valence-corrected chi connectivity index (χ1v) is 7.91. The highest BCUT2D eigenvalue weighted by Gasteiger charge is 2.34. The number of piperazine rings is 1. The maximum atomic E-state index is 6.40. The van der Waals surface area contributed by atoms with Gasteiger partial charge in [-0.2, -0.15) is 0 Å². The molecule has 0 amide bonds. The first-order chi connectivity index (χ1) is 9.29. The van der Waals surface area contributed by atoms with E-state index < -0.39 is 0 Å². The minimum Gasteiger partial charge on any atom is -0.311 e. The Bertz CT molecular complexity index is 468. The number of aryl methyl sites for hydroxylation is 1. The van der Waals surface area contributed by atoms with Crippen LogP contribution in [0.25, 0.3) is 0 Å². The van der Waals surface area contributed by atoms with Gasteiger partial charge in [-0.1, -0.05) is 37.6 Å². The van der Waals surface area contributed by atoms with Crippen LogP contribution >= 0.6 is 11.6 Å². The molecule has 20 heavy (non-hydrogen) atoms. The number of rotatable bonds is 3. The molecule has 2 rings (SSSR count). The van der Waals surface area contributed by atoms with E-state index in [4.69, 9.17) is 11.6 Å². The van der Waals surface area contributed by atoms with Gasteiger partial charge < -0.3 is 5.32 Å². The summed E-state index contributed by atoms with van der Waals surface area (Å²) in [5.74, 6) is 0.655. The van der Waals surface area contributed by atoms with E-state index in [2.05, 4.69) is 63.0 Å². The van der Waals surface area contributed by atoms with Crippen LogP contribution in [0.4, 0.5) is 0 Å². The molecule has 0 spiro atoms. The van der Waals surface area contributed by atoms with E-state index in [0.29, 0.717) is 12.0 Å². The van der Waals surface area contributed by atoms with Crippen molar-refractivity contribution in [3.8, 4) is 0 Å². The van der Waals surface area contributed by atoms with E-state index in [1.807, 2.05) is 0 Å². The number of nitrogens with one attached hydrogen (secondary N) is 1. The molecule has 0 radical (unpaired) electrons. The lowest BCUT2D eigenvalue weighted by atomic mass is 9.92. The van der Waals surface area contributed by atoms with Gasteiger partial charge in [0.15, 0.2) is 0 Å². The Morgan fingerprint density at radius 3 is 2.70 bits per heavy atom. The highest BCUT2D eigenvalue weighted by Crippen LogP contribution is 2.26. The molecule has 0 saturated carbocycles. The van der Waals surface area contributed by atoms with Crippen LogP contribution in [0.15, 0.2) is 18.2 Å². The van der Waals surface area contributed by atoms with E-state index in [9.17, 15) is 0 Å². The predicted octanol–water partition coefficient (Wildman–Crippen LogP) is 3.86. The molecule has 0 aliphatic carbocycles. The average molecular weight is 295 g/mol. The zero-order valence-corrected chi connectivity index (χ0v) is 14.1. The van der Waals surface area contributed by atoms with E-state index in [1.54, 1.807) is 0 Å². The summed E-state index contributed by atoms with van der Waals surface area (Å²) in [7, 11) is 0. The van der Waals surface area contributed by atoms with Crippen LogP contribution in [0.5, 0.6) is 0 Å². The van der Waals surface area contributed by atoms with Gasteiger partial charge in [-0.3, -0.25) is 4.90 Å². The zero-order chi connectivity index (χ0) is 14.9. The normalized spacial score (nSPS) is 23.2. The average Bonchev–Trinajstić information content (AvgIpc) is 2.34. The molecule has 112 valence electrons. The molecule has 1 aromatic rings. The number of halogens is 1. The Labute approximate surface area is 128 Å². The van der Waals surface area contributed by atoms with E-state index >= 15 is 0 Å². The van der Waals surface area contributed by atoms with Crippen molar-refractivity contribution >= 4 is 11.6 Å². The fourth-order valence-corrected chi connectivity index (χ4v) is 3.05. The van der Waals surface area contributed by atoms with Gasteiger partial charge in [0, 0.05) is 36.2 Å². The maximum Gasteiger partial charge on any atom is 0.0453 e. The molecule has 1 atom stereocenters. The molecule has 1 aliphatic rings. The summed E-state index contributed by atoms with van der Waals surface area (Å²) in [5, 5.41) is 4.56. The van der Waals surface area contributed by atoms with Crippen LogP contribution < -0.4 is 5.32 Å². The molecular weight excluding hydrogens is 268 g/mol. The molecule has 1 heterocycles. The highest BCUT2D eigenvalue weighted by molar-refractivity contribution is 6.31. The Balaban J connectivity index is 2.16. The largest absolute Gasteiger partial charge is 0.311 e. The minimum absolute atomic E-state index is 0.166.